The summed E-state index contributed by atoms with van der Waals surface area (Å²) in [7, 11) is 1.65. The number of aliphatic hydroxyl groups is 1. The second-order valence-electron chi connectivity index (χ2n) is 6.33. The predicted molar refractivity (Wildman–Crippen MR) is 90.7 cm³/mol. The van der Waals surface area contributed by atoms with E-state index in [1.807, 2.05) is 29.2 Å². The summed E-state index contributed by atoms with van der Waals surface area (Å²) < 4.78 is 5.13. The minimum atomic E-state index is 0.00107. The van der Waals surface area contributed by atoms with Gasteiger partial charge in [-0.2, -0.15) is 0 Å². The van der Waals surface area contributed by atoms with E-state index in [0.29, 0.717) is 6.54 Å². The number of likely N-dealkylation sites (tertiary alicyclic amines) is 1. The maximum atomic E-state index is 12.2. The van der Waals surface area contributed by atoms with Gasteiger partial charge < -0.3 is 20.1 Å². The van der Waals surface area contributed by atoms with Crippen LogP contribution in [0.1, 0.15) is 31.7 Å². The zero-order chi connectivity index (χ0) is 16.7. The average molecular weight is 320 g/mol. The molecule has 0 bridgehead atoms. The van der Waals surface area contributed by atoms with Crippen LogP contribution >= 0.6 is 0 Å². The molecule has 0 radical (unpaired) electrons. The number of nitrogens with zero attached hydrogens (tertiary/aromatic N) is 1. The highest BCUT2D eigenvalue weighted by Gasteiger charge is 2.33. The van der Waals surface area contributed by atoms with Crippen molar-refractivity contribution in [1.29, 1.82) is 0 Å². The minimum absolute atomic E-state index is 0.00107. The smallest absolute Gasteiger partial charge is 0.317 e. The highest BCUT2D eigenvalue weighted by Crippen LogP contribution is 2.34. The molecule has 0 unspecified atom stereocenters. The fourth-order valence-corrected chi connectivity index (χ4v) is 3.03. The normalized spacial score (nSPS) is 16.9. The molecule has 1 aliphatic heterocycles. The highest BCUT2D eigenvalue weighted by atomic mass is 16.5. The van der Waals surface area contributed by atoms with Crippen LogP contribution in [0.25, 0.3) is 0 Å². The number of aliphatic hydroxyl groups excluding tert-OH is 1. The lowest BCUT2D eigenvalue weighted by Gasteiger charge is -2.40. The predicted octanol–water partition coefficient (Wildman–Crippen LogP) is 2.43. The summed E-state index contributed by atoms with van der Waals surface area (Å²) in [5.41, 5.74) is 1.19. The number of carbonyl (C=O) groups is 1. The molecule has 1 saturated heterocycles. The molecule has 1 aliphatic rings. The number of piperidine rings is 1. The quantitative estimate of drug-likeness (QED) is 0.846. The van der Waals surface area contributed by atoms with Crippen LogP contribution in [0.3, 0.4) is 0 Å². The van der Waals surface area contributed by atoms with E-state index in [1.54, 1.807) is 7.11 Å². The number of amides is 2. The molecule has 2 rings (SSSR count). The van der Waals surface area contributed by atoms with Gasteiger partial charge >= 0.3 is 6.03 Å². The van der Waals surface area contributed by atoms with Crippen LogP contribution in [0.5, 0.6) is 5.75 Å². The average Bonchev–Trinajstić information content (AvgIpc) is 2.62. The summed E-state index contributed by atoms with van der Waals surface area (Å²) >= 11 is 0. The fraction of sp³-hybridized carbons (Fsp3) is 0.611. The van der Waals surface area contributed by atoms with Gasteiger partial charge in [0.25, 0.3) is 0 Å². The van der Waals surface area contributed by atoms with Crippen LogP contribution in [0.4, 0.5) is 4.79 Å². The largest absolute Gasteiger partial charge is 0.497 e. The first-order valence-corrected chi connectivity index (χ1v) is 8.39. The highest BCUT2D eigenvalue weighted by molar-refractivity contribution is 5.74. The molecule has 0 atom stereocenters. The van der Waals surface area contributed by atoms with E-state index in [-0.39, 0.29) is 18.1 Å². The molecule has 2 N–H and O–H groups in total. The molecule has 1 heterocycles. The van der Waals surface area contributed by atoms with Gasteiger partial charge in [-0.3, -0.25) is 0 Å². The lowest BCUT2D eigenvalue weighted by molar-refractivity contribution is 0.0520. The molecule has 0 saturated carbocycles. The molecule has 23 heavy (non-hydrogen) atoms. The number of nitrogens with one attached hydrogen (secondary N) is 1. The Balaban J connectivity index is 1.73. The van der Waals surface area contributed by atoms with Crippen LogP contribution in [0.2, 0.25) is 0 Å². The molecular formula is C18H28N2O3. The first kappa shape index (κ1) is 17.6. The maximum absolute atomic E-state index is 12.2. The number of methoxy groups -OCH3 is 1. The van der Waals surface area contributed by atoms with Crippen LogP contribution in [0.15, 0.2) is 24.3 Å². The number of hydrogen-bond acceptors (Lipinski definition) is 3. The summed E-state index contributed by atoms with van der Waals surface area (Å²) in [5.74, 6) is 0.842. The van der Waals surface area contributed by atoms with Gasteiger partial charge in [-0.05, 0) is 48.8 Å². The van der Waals surface area contributed by atoms with Crippen molar-refractivity contribution < 1.29 is 14.6 Å². The lowest BCUT2D eigenvalue weighted by atomic mass is 9.77. The Morgan fingerprint density at radius 2 is 1.96 bits per heavy atom. The van der Waals surface area contributed by atoms with Gasteiger partial charge in [-0.15, -0.1) is 0 Å². The minimum Gasteiger partial charge on any atom is -0.497 e. The zero-order valence-corrected chi connectivity index (χ0v) is 14.2. The van der Waals surface area contributed by atoms with Gasteiger partial charge in [-0.1, -0.05) is 19.1 Å². The van der Waals surface area contributed by atoms with E-state index in [9.17, 15) is 9.90 Å². The van der Waals surface area contributed by atoms with Crippen LogP contribution < -0.4 is 10.1 Å². The van der Waals surface area contributed by atoms with E-state index < -0.39 is 0 Å². The molecule has 0 spiro atoms. The number of hydrogen-bond donors (Lipinski definition) is 2. The van der Waals surface area contributed by atoms with Crippen molar-refractivity contribution in [3.8, 4) is 5.75 Å². The molecule has 1 fully saturated rings. The van der Waals surface area contributed by atoms with Crippen molar-refractivity contribution in [3.05, 3.63) is 29.8 Å². The van der Waals surface area contributed by atoms with E-state index in [1.165, 1.54) is 5.56 Å². The topological polar surface area (TPSA) is 61.8 Å². The van der Waals surface area contributed by atoms with Crippen LogP contribution in [-0.4, -0.2) is 49.4 Å². The van der Waals surface area contributed by atoms with Crippen LogP contribution in [-0.2, 0) is 6.42 Å². The monoisotopic (exact) mass is 320 g/mol. The third kappa shape index (κ3) is 4.61. The molecule has 1 aromatic carbocycles. The lowest BCUT2D eigenvalue weighted by Crippen LogP contribution is -2.48. The van der Waals surface area contributed by atoms with E-state index >= 15 is 0 Å². The Morgan fingerprint density at radius 1 is 1.30 bits per heavy atom. The molecule has 5 heteroatoms. The summed E-state index contributed by atoms with van der Waals surface area (Å²) in [6.07, 6.45) is 3.54. The molecular weight excluding hydrogens is 292 g/mol. The Hall–Kier alpha value is -1.75. The molecule has 2 amide bonds. The van der Waals surface area contributed by atoms with E-state index in [0.717, 1.165) is 44.5 Å². The van der Waals surface area contributed by atoms with Crippen molar-refractivity contribution in [2.24, 2.45) is 5.41 Å². The summed E-state index contributed by atoms with van der Waals surface area (Å²) in [6, 6.07) is 7.90. The maximum Gasteiger partial charge on any atom is 0.317 e. The van der Waals surface area contributed by atoms with Gasteiger partial charge in [0.15, 0.2) is 0 Å². The summed E-state index contributed by atoms with van der Waals surface area (Å²) in [6.45, 7) is 4.41. The number of rotatable bonds is 6. The third-order valence-corrected chi connectivity index (χ3v) is 5.05. The van der Waals surface area contributed by atoms with Crippen molar-refractivity contribution in [3.63, 3.8) is 0 Å². The van der Waals surface area contributed by atoms with Gasteiger partial charge in [-0.25, -0.2) is 4.79 Å². The number of urea groups is 1. The molecule has 128 valence electrons. The number of ether oxygens (including phenoxy) is 1. The van der Waals surface area contributed by atoms with Gasteiger partial charge in [0.05, 0.1) is 7.11 Å². The number of benzene rings is 1. The standard InChI is InChI=1S/C18H28N2O3/c1-3-18(14-21)9-12-20(13-10-18)17(22)19-11-8-15-4-6-16(23-2)7-5-15/h4-7,21H,3,8-14H2,1-2H3,(H,19,22). The Labute approximate surface area is 138 Å². The molecule has 0 aliphatic carbocycles. The second kappa shape index (κ2) is 8.20. The summed E-state index contributed by atoms with van der Waals surface area (Å²) in [5, 5.41) is 12.5. The van der Waals surface area contributed by atoms with Crippen molar-refractivity contribution >= 4 is 6.03 Å². The second-order valence-corrected chi connectivity index (χ2v) is 6.33. The molecule has 0 aromatic heterocycles. The van der Waals surface area contributed by atoms with E-state index in [2.05, 4.69) is 12.2 Å². The van der Waals surface area contributed by atoms with Crippen molar-refractivity contribution in [2.45, 2.75) is 32.6 Å². The van der Waals surface area contributed by atoms with Crippen molar-refractivity contribution in [2.75, 3.05) is 33.4 Å². The van der Waals surface area contributed by atoms with Crippen LogP contribution in [0, 0.1) is 5.41 Å². The Kier molecular flexibility index (Phi) is 6.28. The molecule has 5 nitrogen and oxygen atoms in total. The SMILES string of the molecule is CCC1(CO)CCN(C(=O)NCCc2ccc(OC)cc2)CC1. The Bertz CT molecular complexity index is 487. The first-order chi connectivity index (χ1) is 11.1. The fourth-order valence-electron chi connectivity index (χ4n) is 3.03. The molecule has 1 aromatic rings. The Morgan fingerprint density at radius 3 is 2.48 bits per heavy atom. The van der Waals surface area contributed by atoms with Gasteiger partial charge in [0.2, 0.25) is 0 Å². The van der Waals surface area contributed by atoms with Gasteiger partial charge in [0, 0.05) is 26.2 Å². The zero-order valence-electron chi connectivity index (χ0n) is 14.2. The number of carbonyl (C=O) groups excluding carboxylic acids is 1. The van der Waals surface area contributed by atoms with Crippen molar-refractivity contribution in [1.82, 2.24) is 10.2 Å². The first-order valence-electron chi connectivity index (χ1n) is 8.39. The van der Waals surface area contributed by atoms with Gasteiger partial charge in [0.1, 0.15) is 5.75 Å². The van der Waals surface area contributed by atoms with E-state index in [4.69, 9.17) is 4.74 Å². The third-order valence-electron chi connectivity index (χ3n) is 5.05. The summed E-state index contributed by atoms with van der Waals surface area (Å²) in [4.78, 5) is 14.1.